The van der Waals surface area contributed by atoms with Crippen LogP contribution in [0.15, 0.2) is 42.7 Å². The molecule has 0 atom stereocenters. The Kier molecular flexibility index (Phi) is 5.95. The van der Waals surface area contributed by atoms with Gasteiger partial charge in [-0.3, -0.25) is 9.67 Å². The van der Waals surface area contributed by atoms with Crippen LogP contribution in [-0.4, -0.2) is 26.3 Å². The van der Waals surface area contributed by atoms with Gasteiger partial charge in [0.2, 0.25) is 0 Å². The molecule has 28 heavy (non-hydrogen) atoms. The average Bonchev–Trinajstić information content (AvgIpc) is 3.27. The molecule has 0 bridgehead atoms. The maximum atomic E-state index is 5.61. The lowest BCUT2D eigenvalue weighted by molar-refractivity contribution is 0.625. The molecule has 0 spiro atoms. The van der Waals surface area contributed by atoms with Gasteiger partial charge in [-0.2, -0.15) is 5.10 Å². The maximum absolute atomic E-state index is 5.61. The largest absolute Gasteiger partial charge is 0.354 e. The average molecular weight is 376 g/mol. The SMILES string of the molecule is CC.Cc1cc(-c2[nH]c3cc(-c4cnn(CCN)c4)ccc3c2C)cc(C)n1. The fourth-order valence-corrected chi connectivity index (χ4v) is 3.55. The Hall–Kier alpha value is -2.92. The summed E-state index contributed by atoms with van der Waals surface area (Å²) in [5.74, 6) is 0. The Morgan fingerprint density at radius 2 is 1.68 bits per heavy atom. The summed E-state index contributed by atoms with van der Waals surface area (Å²) in [5, 5.41) is 5.61. The van der Waals surface area contributed by atoms with E-state index in [2.05, 4.69) is 52.3 Å². The summed E-state index contributed by atoms with van der Waals surface area (Å²) in [6, 6.07) is 10.8. The second kappa shape index (κ2) is 8.40. The number of aromatic nitrogens is 4. The van der Waals surface area contributed by atoms with Gasteiger partial charge in [0.25, 0.3) is 0 Å². The van der Waals surface area contributed by atoms with E-state index in [1.807, 2.05) is 44.8 Å². The molecule has 4 rings (SSSR count). The molecular formula is C23H29N5. The highest BCUT2D eigenvalue weighted by Gasteiger charge is 2.12. The van der Waals surface area contributed by atoms with Crippen LogP contribution >= 0.6 is 0 Å². The quantitative estimate of drug-likeness (QED) is 0.527. The van der Waals surface area contributed by atoms with Gasteiger partial charge in [-0.25, -0.2) is 0 Å². The van der Waals surface area contributed by atoms with E-state index in [0.29, 0.717) is 6.54 Å². The third-order valence-corrected chi connectivity index (χ3v) is 4.75. The molecule has 0 aliphatic heterocycles. The molecule has 3 heterocycles. The number of aryl methyl sites for hydroxylation is 3. The van der Waals surface area contributed by atoms with Crippen molar-refractivity contribution in [1.29, 1.82) is 0 Å². The van der Waals surface area contributed by atoms with Crippen LogP contribution < -0.4 is 5.73 Å². The van der Waals surface area contributed by atoms with E-state index in [1.165, 1.54) is 16.5 Å². The van der Waals surface area contributed by atoms with Gasteiger partial charge in [0.15, 0.2) is 0 Å². The molecule has 0 fully saturated rings. The predicted molar refractivity (Wildman–Crippen MR) is 117 cm³/mol. The molecule has 0 radical (unpaired) electrons. The van der Waals surface area contributed by atoms with Crippen LogP contribution in [0.1, 0.15) is 30.8 Å². The second-order valence-electron chi connectivity index (χ2n) is 6.80. The fraction of sp³-hybridized carbons (Fsp3) is 0.304. The van der Waals surface area contributed by atoms with E-state index in [-0.39, 0.29) is 0 Å². The van der Waals surface area contributed by atoms with Gasteiger partial charge >= 0.3 is 0 Å². The van der Waals surface area contributed by atoms with Crippen LogP contribution in [0.25, 0.3) is 33.3 Å². The Balaban J connectivity index is 0.00000109. The Labute approximate surface area is 166 Å². The summed E-state index contributed by atoms with van der Waals surface area (Å²) in [6.45, 7) is 11.5. The van der Waals surface area contributed by atoms with E-state index in [1.54, 1.807) is 0 Å². The number of fused-ring (bicyclic) bond motifs is 1. The van der Waals surface area contributed by atoms with Crippen LogP contribution in [0.5, 0.6) is 0 Å². The normalized spacial score (nSPS) is 10.8. The minimum atomic E-state index is 0.587. The number of nitrogens with zero attached hydrogens (tertiary/aromatic N) is 3. The van der Waals surface area contributed by atoms with Crippen LogP contribution in [0.3, 0.4) is 0 Å². The first-order chi connectivity index (χ1) is 13.5. The van der Waals surface area contributed by atoms with Crippen molar-refractivity contribution in [2.75, 3.05) is 6.54 Å². The number of aromatic amines is 1. The molecule has 3 aromatic heterocycles. The number of nitrogens with one attached hydrogen (secondary N) is 1. The van der Waals surface area contributed by atoms with Gasteiger partial charge in [-0.15, -0.1) is 0 Å². The molecule has 0 amide bonds. The second-order valence-corrected chi connectivity index (χ2v) is 6.80. The van der Waals surface area contributed by atoms with Crippen LogP contribution in [-0.2, 0) is 6.54 Å². The van der Waals surface area contributed by atoms with Crippen molar-refractivity contribution >= 4 is 10.9 Å². The molecule has 0 saturated heterocycles. The Bertz CT molecular complexity index is 1070. The summed E-state index contributed by atoms with van der Waals surface area (Å²) in [5.41, 5.74) is 14.7. The topological polar surface area (TPSA) is 72.5 Å². The first-order valence-electron chi connectivity index (χ1n) is 9.86. The highest BCUT2D eigenvalue weighted by molar-refractivity contribution is 5.93. The standard InChI is InChI=1S/C21H23N5.C2H6/c1-13-8-17(9-14(2)24-13)21-15(3)19-5-4-16(10-20(19)25-21)18-11-23-26(12-18)7-6-22;1-2/h4-5,8-12,25H,6-7,22H2,1-3H3;1-2H3. The molecule has 3 N–H and O–H groups in total. The number of rotatable bonds is 4. The summed E-state index contributed by atoms with van der Waals surface area (Å²) in [7, 11) is 0. The van der Waals surface area contributed by atoms with Crippen LogP contribution in [0, 0.1) is 20.8 Å². The molecule has 0 aliphatic rings. The van der Waals surface area contributed by atoms with Gasteiger partial charge in [-0.1, -0.05) is 26.0 Å². The zero-order valence-corrected chi connectivity index (χ0v) is 17.4. The number of pyridine rings is 1. The minimum Gasteiger partial charge on any atom is -0.354 e. The molecule has 1 aromatic carbocycles. The van der Waals surface area contributed by atoms with Crippen molar-refractivity contribution in [2.24, 2.45) is 5.73 Å². The van der Waals surface area contributed by atoms with Crippen molar-refractivity contribution in [3.05, 3.63) is 59.7 Å². The number of H-pyrrole nitrogens is 1. The van der Waals surface area contributed by atoms with Crippen molar-refractivity contribution in [3.8, 4) is 22.4 Å². The smallest absolute Gasteiger partial charge is 0.0568 e. The minimum absolute atomic E-state index is 0.587. The summed E-state index contributed by atoms with van der Waals surface area (Å²) < 4.78 is 1.88. The monoisotopic (exact) mass is 375 g/mol. The lowest BCUT2D eigenvalue weighted by atomic mass is 10.0. The lowest BCUT2D eigenvalue weighted by Crippen LogP contribution is -2.09. The van der Waals surface area contributed by atoms with Crippen molar-refractivity contribution in [1.82, 2.24) is 19.7 Å². The molecule has 5 heteroatoms. The van der Waals surface area contributed by atoms with Gasteiger partial charge in [0.05, 0.1) is 12.7 Å². The van der Waals surface area contributed by atoms with Crippen LogP contribution in [0.4, 0.5) is 0 Å². The van der Waals surface area contributed by atoms with E-state index in [9.17, 15) is 0 Å². The highest BCUT2D eigenvalue weighted by atomic mass is 15.3. The number of hydrogen-bond donors (Lipinski definition) is 2. The lowest BCUT2D eigenvalue weighted by Gasteiger charge is -2.04. The molecule has 0 saturated carbocycles. The summed E-state index contributed by atoms with van der Waals surface area (Å²) >= 11 is 0. The number of hydrogen-bond acceptors (Lipinski definition) is 3. The summed E-state index contributed by atoms with van der Waals surface area (Å²) in [4.78, 5) is 8.08. The molecule has 0 unspecified atom stereocenters. The molecule has 146 valence electrons. The van der Waals surface area contributed by atoms with Crippen molar-refractivity contribution in [3.63, 3.8) is 0 Å². The van der Waals surface area contributed by atoms with E-state index >= 15 is 0 Å². The van der Waals surface area contributed by atoms with E-state index in [4.69, 9.17) is 5.73 Å². The number of nitrogens with two attached hydrogens (primary N) is 1. The highest BCUT2D eigenvalue weighted by Crippen LogP contribution is 2.32. The summed E-state index contributed by atoms with van der Waals surface area (Å²) in [6.07, 6.45) is 3.93. The van der Waals surface area contributed by atoms with Gasteiger partial charge < -0.3 is 10.7 Å². The van der Waals surface area contributed by atoms with Crippen molar-refractivity contribution in [2.45, 2.75) is 41.2 Å². The Morgan fingerprint density at radius 1 is 0.964 bits per heavy atom. The first kappa shape index (κ1) is 19.8. The third-order valence-electron chi connectivity index (χ3n) is 4.75. The van der Waals surface area contributed by atoms with Gasteiger partial charge in [-0.05, 0) is 50.1 Å². The molecular weight excluding hydrogens is 346 g/mol. The van der Waals surface area contributed by atoms with Crippen molar-refractivity contribution < 1.29 is 0 Å². The van der Waals surface area contributed by atoms with E-state index in [0.717, 1.165) is 40.3 Å². The van der Waals surface area contributed by atoms with Gasteiger partial charge in [0, 0.05) is 51.9 Å². The zero-order valence-electron chi connectivity index (χ0n) is 17.4. The number of benzene rings is 1. The molecule has 4 aromatic rings. The predicted octanol–water partition coefficient (Wildman–Crippen LogP) is 5.00. The molecule has 5 nitrogen and oxygen atoms in total. The fourth-order valence-electron chi connectivity index (χ4n) is 3.55. The van der Waals surface area contributed by atoms with Gasteiger partial charge in [0.1, 0.15) is 0 Å². The van der Waals surface area contributed by atoms with Crippen LogP contribution in [0.2, 0.25) is 0 Å². The Morgan fingerprint density at radius 3 is 2.36 bits per heavy atom. The third kappa shape index (κ3) is 3.85. The maximum Gasteiger partial charge on any atom is 0.0568 e. The first-order valence-corrected chi connectivity index (χ1v) is 9.86. The zero-order chi connectivity index (χ0) is 20.3. The van der Waals surface area contributed by atoms with E-state index < -0.39 is 0 Å². The molecule has 0 aliphatic carbocycles.